The van der Waals surface area contributed by atoms with Gasteiger partial charge in [-0.25, -0.2) is 0 Å². The van der Waals surface area contributed by atoms with Crippen LogP contribution in [0.2, 0.25) is 5.02 Å². The molecule has 0 aliphatic heterocycles. The third-order valence-electron chi connectivity index (χ3n) is 3.61. The summed E-state index contributed by atoms with van der Waals surface area (Å²) in [5, 5.41) is 3.31. The summed E-state index contributed by atoms with van der Waals surface area (Å²) in [5.74, 6) is 0.281. The highest BCUT2D eigenvalue weighted by Crippen LogP contribution is 2.28. The molecule has 2 aromatic carbocycles. The van der Waals surface area contributed by atoms with E-state index in [1.54, 1.807) is 29.2 Å². The second-order valence-corrected chi connectivity index (χ2v) is 6.51. The minimum Gasteiger partial charge on any atom is -0.489 e. The zero-order valence-corrected chi connectivity index (χ0v) is 15.9. The minimum absolute atomic E-state index is 0.00695. The van der Waals surface area contributed by atoms with E-state index in [-0.39, 0.29) is 17.9 Å². The van der Waals surface area contributed by atoms with Crippen molar-refractivity contribution in [3.8, 4) is 5.75 Å². The number of amides is 2. The number of carbonyl (C=O) groups is 2. The van der Waals surface area contributed by atoms with Gasteiger partial charge in [0.05, 0.1) is 11.8 Å². The lowest BCUT2D eigenvalue weighted by atomic mass is 10.2. The number of rotatable bonds is 7. The van der Waals surface area contributed by atoms with Crippen LogP contribution in [0, 0.1) is 0 Å². The Morgan fingerprint density at radius 2 is 1.88 bits per heavy atom. The van der Waals surface area contributed by atoms with Crippen molar-refractivity contribution in [1.82, 2.24) is 5.32 Å². The van der Waals surface area contributed by atoms with Crippen LogP contribution in [0.25, 0.3) is 0 Å². The molecule has 2 amide bonds. The van der Waals surface area contributed by atoms with Gasteiger partial charge in [0.1, 0.15) is 5.75 Å². The van der Waals surface area contributed by atoms with Crippen molar-refractivity contribution in [1.29, 1.82) is 0 Å². The van der Waals surface area contributed by atoms with E-state index in [0.717, 1.165) is 0 Å². The number of carbonyl (C=O) groups excluding carboxylic acids is 2. The summed E-state index contributed by atoms with van der Waals surface area (Å²) < 4.78 is 5.79. The van der Waals surface area contributed by atoms with Crippen LogP contribution in [0.4, 0.5) is 5.69 Å². The van der Waals surface area contributed by atoms with Crippen molar-refractivity contribution in [2.24, 2.45) is 0 Å². The summed E-state index contributed by atoms with van der Waals surface area (Å²) in [5.41, 5.74) is 1.17. The number of hydrogen-bond donors (Lipinski definition) is 1. The molecule has 0 aromatic heterocycles. The first kappa shape index (κ1) is 19.8. The second-order valence-electron chi connectivity index (χ2n) is 6.07. The van der Waals surface area contributed by atoms with Gasteiger partial charge in [0.2, 0.25) is 5.91 Å². The Hall–Kier alpha value is -2.53. The predicted molar refractivity (Wildman–Crippen MR) is 104 cm³/mol. The standard InChI is InChI=1S/C20H23ClN2O3/c1-14(2)26-19-10-5-4-9-18(19)23(15(3)24)12-11-22-20(25)16-7-6-8-17(21)13-16/h4-10,13-14H,11-12H2,1-3H3,(H,22,25). The average Bonchev–Trinajstić information content (AvgIpc) is 2.58. The van der Waals surface area contributed by atoms with Crippen LogP contribution >= 0.6 is 11.6 Å². The van der Waals surface area contributed by atoms with Crippen molar-refractivity contribution < 1.29 is 14.3 Å². The van der Waals surface area contributed by atoms with Crippen LogP contribution in [0.5, 0.6) is 5.75 Å². The number of ether oxygens (including phenoxy) is 1. The normalized spacial score (nSPS) is 10.5. The van der Waals surface area contributed by atoms with Crippen LogP contribution in [0.3, 0.4) is 0 Å². The van der Waals surface area contributed by atoms with Gasteiger partial charge in [0, 0.05) is 30.6 Å². The molecule has 0 aliphatic rings. The number of hydrogen-bond acceptors (Lipinski definition) is 3. The molecule has 0 spiro atoms. The van der Waals surface area contributed by atoms with E-state index >= 15 is 0 Å². The van der Waals surface area contributed by atoms with Crippen LogP contribution in [0.1, 0.15) is 31.1 Å². The molecule has 2 aromatic rings. The largest absolute Gasteiger partial charge is 0.489 e. The summed E-state index contributed by atoms with van der Waals surface area (Å²) in [6.45, 7) is 5.99. The fourth-order valence-corrected chi connectivity index (χ4v) is 2.68. The monoisotopic (exact) mass is 374 g/mol. The van der Waals surface area contributed by atoms with E-state index in [9.17, 15) is 9.59 Å². The third-order valence-corrected chi connectivity index (χ3v) is 3.84. The summed E-state index contributed by atoms with van der Waals surface area (Å²) in [6.07, 6.45) is -0.00695. The number of halogens is 1. The van der Waals surface area contributed by atoms with Crippen molar-refractivity contribution in [3.05, 3.63) is 59.1 Å². The van der Waals surface area contributed by atoms with Crippen molar-refractivity contribution >= 4 is 29.1 Å². The highest BCUT2D eigenvalue weighted by molar-refractivity contribution is 6.30. The fraction of sp³-hybridized carbons (Fsp3) is 0.300. The summed E-state index contributed by atoms with van der Waals surface area (Å²) >= 11 is 5.91. The van der Waals surface area contributed by atoms with Crippen molar-refractivity contribution in [3.63, 3.8) is 0 Å². The molecule has 138 valence electrons. The first-order chi connectivity index (χ1) is 12.4. The number of nitrogens with zero attached hydrogens (tertiary/aromatic N) is 1. The molecule has 0 radical (unpaired) electrons. The zero-order chi connectivity index (χ0) is 19.1. The number of para-hydroxylation sites is 2. The van der Waals surface area contributed by atoms with Gasteiger partial charge < -0.3 is 15.0 Å². The minimum atomic E-state index is -0.234. The molecule has 0 aliphatic carbocycles. The Morgan fingerprint density at radius 3 is 2.54 bits per heavy atom. The molecule has 2 rings (SSSR count). The predicted octanol–water partition coefficient (Wildman–Crippen LogP) is 3.91. The average molecular weight is 375 g/mol. The lowest BCUT2D eigenvalue weighted by Gasteiger charge is -2.24. The summed E-state index contributed by atoms with van der Waals surface area (Å²) in [6, 6.07) is 14.1. The van der Waals surface area contributed by atoms with Crippen LogP contribution in [0.15, 0.2) is 48.5 Å². The molecule has 6 heteroatoms. The fourth-order valence-electron chi connectivity index (χ4n) is 2.49. The Labute approximate surface area is 158 Å². The van der Waals surface area contributed by atoms with Crippen LogP contribution < -0.4 is 15.0 Å². The molecule has 0 heterocycles. The van der Waals surface area contributed by atoms with E-state index in [4.69, 9.17) is 16.3 Å². The molecule has 0 atom stereocenters. The van der Waals surface area contributed by atoms with Crippen LogP contribution in [-0.2, 0) is 4.79 Å². The Balaban J connectivity index is 2.05. The van der Waals surface area contributed by atoms with E-state index in [1.807, 2.05) is 38.1 Å². The molecule has 0 unspecified atom stereocenters. The van der Waals surface area contributed by atoms with Gasteiger partial charge in [-0.3, -0.25) is 9.59 Å². The topological polar surface area (TPSA) is 58.6 Å². The summed E-state index contributed by atoms with van der Waals surface area (Å²) in [7, 11) is 0. The first-order valence-corrected chi connectivity index (χ1v) is 8.84. The Bertz CT molecular complexity index is 777. The number of nitrogens with one attached hydrogen (secondary N) is 1. The van der Waals surface area contributed by atoms with Crippen molar-refractivity contribution in [2.75, 3.05) is 18.0 Å². The summed E-state index contributed by atoms with van der Waals surface area (Å²) in [4.78, 5) is 25.9. The number of anilines is 1. The molecule has 1 N–H and O–H groups in total. The Morgan fingerprint density at radius 1 is 1.15 bits per heavy atom. The zero-order valence-electron chi connectivity index (χ0n) is 15.2. The maximum absolute atomic E-state index is 12.2. The number of benzene rings is 2. The van der Waals surface area contributed by atoms with Gasteiger partial charge in [0.25, 0.3) is 5.91 Å². The molecule has 0 saturated heterocycles. The van der Waals surface area contributed by atoms with Gasteiger partial charge >= 0.3 is 0 Å². The Kier molecular flexibility index (Phi) is 7.04. The maximum atomic E-state index is 12.2. The lowest BCUT2D eigenvalue weighted by molar-refractivity contribution is -0.116. The second kappa shape index (κ2) is 9.25. The quantitative estimate of drug-likeness (QED) is 0.799. The lowest BCUT2D eigenvalue weighted by Crippen LogP contribution is -2.37. The molecule has 0 bridgehead atoms. The molecule has 0 fully saturated rings. The molecule has 26 heavy (non-hydrogen) atoms. The smallest absolute Gasteiger partial charge is 0.251 e. The highest BCUT2D eigenvalue weighted by Gasteiger charge is 2.17. The van der Waals surface area contributed by atoms with Crippen molar-refractivity contribution in [2.45, 2.75) is 26.9 Å². The van der Waals surface area contributed by atoms with E-state index in [2.05, 4.69) is 5.32 Å². The highest BCUT2D eigenvalue weighted by atomic mass is 35.5. The van der Waals surface area contributed by atoms with Gasteiger partial charge in [-0.1, -0.05) is 29.8 Å². The van der Waals surface area contributed by atoms with Gasteiger partial charge in [-0.05, 0) is 44.2 Å². The molecule has 0 saturated carbocycles. The molecule has 5 nitrogen and oxygen atoms in total. The van der Waals surface area contributed by atoms with Gasteiger partial charge in [-0.15, -0.1) is 0 Å². The van der Waals surface area contributed by atoms with Crippen LogP contribution in [-0.4, -0.2) is 31.0 Å². The maximum Gasteiger partial charge on any atom is 0.251 e. The third kappa shape index (κ3) is 5.49. The van der Waals surface area contributed by atoms with Gasteiger partial charge in [-0.2, -0.15) is 0 Å². The molecular formula is C20H23ClN2O3. The van der Waals surface area contributed by atoms with Gasteiger partial charge in [0.15, 0.2) is 0 Å². The van der Waals surface area contributed by atoms with E-state index in [1.165, 1.54) is 6.92 Å². The molecular weight excluding hydrogens is 352 g/mol. The first-order valence-electron chi connectivity index (χ1n) is 8.46. The van der Waals surface area contributed by atoms with E-state index < -0.39 is 0 Å². The SMILES string of the molecule is CC(=O)N(CCNC(=O)c1cccc(Cl)c1)c1ccccc1OC(C)C. The van der Waals surface area contributed by atoms with E-state index in [0.29, 0.717) is 35.1 Å².